The van der Waals surface area contributed by atoms with E-state index in [1.165, 1.54) is 0 Å². The van der Waals surface area contributed by atoms with E-state index in [0.29, 0.717) is 12.0 Å². The Balaban J connectivity index is 2.01. The molecule has 0 saturated carbocycles. The number of hydrogen-bond acceptors (Lipinski definition) is 5. The monoisotopic (exact) mass is 230 g/mol. The Kier molecular flexibility index (Phi) is 2.53. The maximum absolute atomic E-state index is 5.71. The van der Waals surface area contributed by atoms with Gasteiger partial charge in [0.25, 0.3) is 0 Å². The standard InChI is InChI=1S/C12H14N4O/c13-12-15-10-4-2-1-3-9(10)11(16-12)14-8-5-6-17-7-8/h1-4,8H,5-7H2,(H3,13,14,15,16). The van der Waals surface area contributed by atoms with Gasteiger partial charge in [0.15, 0.2) is 0 Å². The van der Waals surface area contributed by atoms with Gasteiger partial charge in [-0.05, 0) is 18.6 Å². The molecule has 1 aromatic carbocycles. The molecular formula is C12H14N4O. The smallest absolute Gasteiger partial charge is 0.222 e. The fourth-order valence-electron chi connectivity index (χ4n) is 2.05. The van der Waals surface area contributed by atoms with Crippen LogP contribution >= 0.6 is 0 Å². The van der Waals surface area contributed by atoms with Gasteiger partial charge in [-0.2, -0.15) is 4.98 Å². The molecule has 0 aliphatic carbocycles. The van der Waals surface area contributed by atoms with Gasteiger partial charge in [0.05, 0.1) is 18.2 Å². The molecular weight excluding hydrogens is 216 g/mol. The molecule has 0 spiro atoms. The lowest BCUT2D eigenvalue weighted by Gasteiger charge is -2.13. The average molecular weight is 230 g/mol. The molecule has 88 valence electrons. The number of nitrogens with zero attached hydrogens (tertiary/aromatic N) is 2. The summed E-state index contributed by atoms with van der Waals surface area (Å²) in [6.07, 6.45) is 0.998. The third-order valence-electron chi connectivity index (χ3n) is 2.89. The van der Waals surface area contributed by atoms with Crippen molar-refractivity contribution in [2.45, 2.75) is 12.5 Å². The Bertz CT molecular complexity index is 537. The normalized spacial score (nSPS) is 19.6. The van der Waals surface area contributed by atoms with Gasteiger partial charge in [0.1, 0.15) is 5.82 Å². The Labute approximate surface area is 99.0 Å². The van der Waals surface area contributed by atoms with E-state index in [1.54, 1.807) is 0 Å². The summed E-state index contributed by atoms with van der Waals surface area (Å²) in [5.41, 5.74) is 6.57. The van der Waals surface area contributed by atoms with Crippen molar-refractivity contribution in [2.75, 3.05) is 24.3 Å². The highest BCUT2D eigenvalue weighted by Gasteiger charge is 2.17. The Morgan fingerprint density at radius 1 is 1.29 bits per heavy atom. The third kappa shape index (κ3) is 2.01. The molecule has 17 heavy (non-hydrogen) atoms. The van der Waals surface area contributed by atoms with Crippen LogP contribution in [0.2, 0.25) is 0 Å². The molecule has 1 saturated heterocycles. The van der Waals surface area contributed by atoms with Crippen LogP contribution in [0.1, 0.15) is 6.42 Å². The number of benzene rings is 1. The summed E-state index contributed by atoms with van der Waals surface area (Å²) >= 11 is 0. The largest absolute Gasteiger partial charge is 0.379 e. The molecule has 2 aromatic rings. The fraction of sp³-hybridized carbons (Fsp3) is 0.333. The molecule has 0 amide bonds. The van der Waals surface area contributed by atoms with Gasteiger partial charge in [0, 0.05) is 12.0 Å². The van der Waals surface area contributed by atoms with Crippen LogP contribution in [0.15, 0.2) is 24.3 Å². The van der Waals surface area contributed by atoms with Crippen molar-refractivity contribution in [1.29, 1.82) is 0 Å². The SMILES string of the molecule is Nc1nc(NC2CCOC2)c2ccccc2n1. The number of nitrogens with one attached hydrogen (secondary N) is 1. The molecule has 2 heterocycles. The molecule has 1 fully saturated rings. The number of nitrogen functional groups attached to an aromatic ring is 1. The second-order valence-corrected chi connectivity index (χ2v) is 4.15. The molecule has 3 rings (SSSR count). The topological polar surface area (TPSA) is 73.1 Å². The van der Waals surface area contributed by atoms with E-state index >= 15 is 0 Å². The molecule has 1 unspecified atom stereocenters. The zero-order valence-electron chi connectivity index (χ0n) is 9.39. The summed E-state index contributed by atoms with van der Waals surface area (Å²) in [6, 6.07) is 8.15. The number of nitrogens with two attached hydrogens (primary N) is 1. The Morgan fingerprint density at radius 2 is 2.18 bits per heavy atom. The van der Waals surface area contributed by atoms with Crippen molar-refractivity contribution in [2.24, 2.45) is 0 Å². The van der Waals surface area contributed by atoms with E-state index in [4.69, 9.17) is 10.5 Å². The van der Waals surface area contributed by atoms with Crippen LogP contribution in [0, 0.1) is 0 Å². The number of hydrogen-bond donors (Lipinski definition) is 2. The van der Waals surface area contributed by atoms with Gasteiger partial charge in [0.2, 0.25) is 5.95 Å². The summed E-state index contributed by atoms with van der Waals surface area (Å²) < 4.78 is 5.33. The lowest BCUT2D eigenvalue weighted by atomic mass is 10.2. The zero-order valence-corrected chi connectivity index (χ0v) is 9.39. The summed E-state index contributed by atoms with van der Waals surface area (Å²) in [7, 11) is 0. The second kappa shape index (κ2) is 4.18. The number of rotatable bonds is 2. The van der Waals surface area contributed by atoms with Gasteiger partial charge in [-0.25, -0.2) is 4.98 Å². The van der Waals surface area contributed by atoms with E-state index in [9.17, 15) is 0 Å². The predicted molar refractivity (Wildman–Crippen MR) is 66.8 cm³/mol. The molecule has 3 N–H and O–H groups in total. The molecule has 0 radical (unpaired) electrons. The second-order valence-electron chi connectivity index (χ2n) is 4.15. The van der Waals surface area contributed by atoms with Gasteiger partial charge < -0.3 is 15.8 Å². The van der Waals surface area contributed by atoms with Crippen LogP contribution in [0.4, 0.5) is 11.8 Å². The highest BCUT2D eigenvalue weighted by molar-refractivity contribution is 5.89. The molecule has 1 aliphatic rings. The first-order valence-electron chi connectivity index (χ1n) is 5.69. The lowest BCUT2D eigenvalue weighted by Crippen LogP contribution is -2.20. The van der Waals surface area contributed by atoms with Gasteiger partial charge >= 0.3 is 0 Å². The molecule has 5 nitrogen and oxygen atoms in total. The van der Waals surface area contributed by atoms with Gasteiger partial charge in [-0.3, -0.25) is 0 Å². The van der Waals surface area contributed by atoms with E-state index in [1.807, 2.05) is 24.3 Å². The van der Waals surface area contributed by atoms with Crippen molar-refractivity contribution in [3.8, 4) is 0 Å². The third-order valence-corrected chi connectivity index (χ3v) is 2.89. The van der Waals surface area contributed by atoms with Crippen molar-refractivity contribution >= 4 is 22.7 Å². The minimum Gasteiger partial charge on any atom is -0.379 e. The van der Waals surface area contributed by atoms with Crippen LogP contribution in [-0.4, -0.2) is 29.2 Å². The minimum absolute atomic E-state index is 0.296. The van der Waals surface area contributed by atoms with Crippen LogP contribution in [0.5, 0.6) is 0 Å². The van der Waals surface area contributed by atoms with Gasteiger partial charge in [-0.1, -0.05) is 12.1 Å². The van der Waals surface area contributed by atoms with Crippen molar-refractivity contribution in [1.82, 2.24) is 9.97 Å². The first-order chi connectivity index (χ1) is 8.33. The quantitative estimate of drug-likeness (QED) is 0.816. The van der Waals surface area contributed by atoms with Crippen LogP contribution in [0.3, 0.4) is 0 Å². The summed E-state index contributed by atoms with van der Waals surface area (Å²) in [5.74, 6) is 1.09. The maximum Gasteiger partial charge on any atom is 0.222 e. The predicted octanol–water partition coefficient (Wildman–Crippen LogP) is 1.41. The highest BCUT2D eigenvalue weighted by atomic mass is 16.5. The summed E-state index contributed by atoms with van der Waals surface area (Å²) in [6.45, 7) is 1.52. The molecule has 5 heteroatoms. The number of aromatic nitrogens is 2. The molecule has 1 aromatic heterocycles. The molecule has 0 bridgehead atoms. The number of ether oxygens (including phenoxy) is 1. The first kappa shape index (κ1) is 10.3. The molecule has 1 aliphatic heterocycles. The highest BCUT2D eigenvalue weighted by Crippen LogP contribution is 2.22. The number of fused-ring (bicyclic) bond motifs is 1. The Morgan fingerprint density at radius 3 is 3.00 bits per heavy atom. The van der Waals surface area contributed by atoms with Gasteiger partial charge in [-0.15, -0.1) is 0 Å². The summed E-state index contributed by atoms with van der Waals surface area (Å²) in [5, 5.41) is 4.36. The fourth-order valence-corrected chi connectivity index (χ4v) is 2.05. The van der Waals surface area contributed by atoms with Crippen LogP contribution in [-0.2, 0) is 4.74 Å². The van der Waals surface area contributed by atoms with Crippen LogP contribution < -0.4 is 11.1 Å². The van der Waals surface area contributed by atoms with E-state index in [0.717, 1.165) is 36.4 Å². The van der Waals surface area contributed by atoms with Crippen LogP contribution in [0.25, 0.3) is 10.9 Å². The van der Waals surface area contributed by atoms with E-state index < -0.39 is 0 Å². The molecule has 1 atom stereocenters. The van der Waals surface area contributed by atoms with Crippen molar-refractivity contribution < 1.29 is 4.74 Å². The van der Waals surface area contributed by atoms with Crippen molar-refractivity contribution in [3.05, 3.63) is 24.3 Å². The number of anilines is 2. The van der Waals surface area contributed by atoms with Crippen molar-refractivity contribution in [3.63, 3.8) is 0 Å². The van der Waals surface area contributed by atoms with E-state index in [2.05, 4.69) is 15.3 Å². The maximum atomic E-state index is 5.71. The lowest BCUT2D eigenvalue weighted by molar-refractivity contribution is 0.195. The Hall–Kier alpha value is -1.88. The number of para-hydroxylation sites is 1. The zero-order chi connectivity index (χ0) is 11.7. The minimum atomic E-state index is 0.296. The average Bonchev–Trinajstić information content (AvgIpc) is 2.81. The van der Waals surface area contributed by atoms with E-state index in [-0.39, 0.29) is 0 Å². The summed E-state index contributed by atoms with van der Waals surface area (Å²) in [4.78, 5) is 8.47. The first-order valence-corrected chi connectivity index (χ1v) is 5.69.